The highest BCUT2D eigenvalue weighted by Crippen LogP contribution is 2.16. The number of hydrogen-bond donors (Lipinski definition) is 4. The molecule has 0 saturated heterocycles. The number of hydrogen-bond acceptors (Lipinski definition) is 7. The second-order valence-electron chi connectivity index (χ2n) is 1.20. The highest BCUT2D eigenvalue weighted by molar-refractivity contribution is 7.18. The van der Waals surface area contributed by atoms with Crippen LogP contribution < -0.4 is 22.5 Å². The third-order valence-corrected chi connectivity index (χ3v) is 1.46. The SMILES string of the molecule is NNc1nnc(NN)s1. The fraction of sp³-hybridized carbons (Fsp3) is 0. The van der Waals surface area contributed by atoms with E-state index >= 15 is 0 Å². The Hall–Kier alpha value is -0.920. The monoisotopic (exact) mass is 146 g/mol. The van der Waals surface area contributed by atoms with Gasteiger partial charge in [-0.05, 0) is 0 Å². The van der Waals surface area contributed by atoms with Crippen molar-refractivity contribution in [1.29, 1.82) is 0 Å². The van der Waals surface area contributed by atoms with Crippen molar-refractivity contribution >= 4 is 21.6 Å². The average molecular weight is 146 g/mol. The molecule has 9 heavy (non-hydrogen) atoms. The number of aromatic nitrogens is 2. The van der Waals surface area contributed by atoms with Crippen LogP contribution >= 0.6 is 11.3 Å². The van der Waals surface area contributed by atoms with Gasteiger partial charge in [-0.2, -0.15) is 0 Å². The van der Waals surface area contributed by atoms with E-state index in [0.29, 0.717) is 10.3 Å². The normalized spacial score (nSPS) is 9.11. The molecule has 0 radical (unpaired) electrons. The van der Waals surface area contributed by atoms with Crippen molar-refractivity contribution in [1.82, 2.24) is 10.2 Å². The largest absolute Gasteiger partial charge is 0.298 e. The lowest BCUT2D eigenvalue weighted by Crippen LogP contribution is -2.05. The first kappa shape index (κ1) is 6.20. The number of hydrazine groups is 2. The molecule has 0 aliphatic carbocycles. The summed E-state index contributed by atoms with van der Waals surface area (Å²) in [5, 5.41) is 8.25. The molecule has 0 saturated carbocycles. The van der Waals surface area contributed by atoms with Gasteiger partial charge in [0.15, 0.2) is 0 Å². The van der Waals surface area contributed by atoms with Gasteiger partial charge in [0.2, 0.25) is 10.3 Å². The number of nitrogen functional groups attached to an aromatic ring is 2. The van der Waals surface area contributed by atoms with E-state index in [2.05, 4.69) is 21.0 Å². The summed E-state index contributed by atoms with van der Waals surface area (Å²) >= 11 is 1.24. The maximum Gasteiger partial charge on any atom is 0.221 e. The highest BCUT2D eigenvalue weighted by atomic mass is 32.1. The molecule has 1 rings (SSSR count). The Bertz CT molecular complexity index is 164. The van der Waals surface area contributed by atoms with Gasteiger partial charge < -0.3 is 0 Å². The molecule has 0 aromatic carbocycles. The van der Waals surface area contributed by atoms with Crippen molar-refractivity contribution in [2.75, 3.05) is 10.9 Å². The lowest BCUT2D eigenvalue weighted by atomic mass is 11.3. The van der Waals surface area contributed by atoms with E-state index in [1.807, 2.05) is 0 Å². The number of nitrogens with zero attached hydrogens (tertiary/aromatic N) is 2. The van der Waals surface area contributed by atoms with Crippen molar-refractivity contribution in [2.24, 2.45) is 11.7 Å². The Morgan fingerprint density at radius 3 is 1.78 bits per heavy atom. The van der Waals surface area contributed by atoms with Crippen LogP contribution in [-0.4, -0.2) is 10.2 Å². The standard InChI is InChI=1S/C2H6N6S/c3-5-1-7-8-2(6-4)9-1/h3-4H2,(H,5,7)(H,6,8). The fourth-order valence-electron chi connectivity index (χ4n) is 0.340. The van der Waals surface area contributed by atoms with Crippen molar-refractivity contribution < 1.29 is 0 Å². The van der Waals surface area contributed by atoms with E-state index in [9.17, 15) is 0 Å². The maximum absolute atomic E-state index is 5.01. The molecule has 1 aromatic rings. The molecule has 0 atom stereocenters. The van der Waals surface area contributed by atoms with Gasteiger partial charge in [0.25, 0.3) is 0 Å². The molecule has 1 heterocycles. The smallest absolute Gasteiger partial charge is 0.221 e. The van der Waals surface area contributed by atoms with Gasteiger partial charge >= 0.3 is 0 Å². The van der Waals surface area contributed by atoms with Crippen molar-refractivity contribution in [3.63, 3.8) is 0 Å². The predicted molar refractivity (Wildman–Crippen MR) is 35.5 cm³/mol. The minimum atomic E-state index is 0.531. The van der Waals surface area contributed by atoms with E-state index in [4.69, 9.17) is 11.7 Å². The molecule has 0 aliphatic heterocycles. The third-order valence-electron chi connectivity index (χ3n) is 0.672. The van der Waals surface area contributed by atoms with E-state index < -0.39 is 0 Å². The van der Waals surface area contributed by atoms with Gasteiger partial charge in [-0.3, -0.25) is 10.9 Å². The van der Waals surface area contributed by atoms with Crippen molar-refractivity contribution in [3.8, 4) is 0 Å². The molecule has 0 amide bonds. The van der Waals surface area contributed by atoms with Crippen LogP contribution in [0.2, 0.25) is 0 Å². The summed E-state index contributed by atoms with van der Waals surface area (Å²) in [6.07, 6.45) is 0. The highest BCUT2D eigenvalue weighted by Gasteiger charge is 1.97. The second kappa shape index (κ2) is 2.58. The zero-order valence-corrected chi connectivity index (χ0v) is 5.27. The summed E-state index contributed by atoms with van der Waals surface area (Å²) in [5.74, 6) is 10.0. The Morgan fingerprint density at radius 1 is 1.11 bits per heavy atom. The molecule has 0 fully saturated rings. The van der Waals surface area contributed by atoms with Crippen molar-refractivity contribution in [3.05, 3.63) is 0 Å². The minimum Gasteiger partial charge on any atom is -0.298 e. The van der Waals surface area contributed by atoms with Crippen LogP contribution in [0.1, 0.15) is 0 Å². The van der Waals surface area contributed by atoms with Crippen LogP contribution in [0, 0.1) is 0 Å². The molecule has 0 unspecified atom stereocenters. The first-order valence-corrected chi connectivity index (χ1v) is 2.95. The molecule has 50 valence electrons. The number of nitrogens with one attached hydrogen (secondary N) is 2. The Balaban J connectivity index is 2.74. The lowest BCUT2D eigenvalue weighted by molar-refractivity contribution is 1.07. The predicted octanol–water partition coefficient (Wildman–Crippen LogP) is -0.891. The second-order valence-corrected chi connectivity index (χ2v) is 2.18. The van der Waals surface area contributed by atoms with Crippen LogP contribution in [0.4, 0.5) is 10.3 Å². The fourth-order valence-corrected chi connectivity index (χ4v) is 0.804. The zero-order chi connectivity index (χ0) is 6.69. The number of nitrogens with two attached hydrogens (primary N) is 2. The Kier molecular flexibility index (Phi) is 1.78. The van der Waals surface area contributed by atoms with Gasteiger partial charge in [-0.15, -0.1) is 10.2 Å². The molecular weight excluding hydrogens is 140 g/mol. The summed E-state index contributed by atoms with van der Waals surface area (Å²) in [6.45, 7) is 0. The van der Waals surface area contributed by atoms with Gasteiger partial charge in [0, 0.05) is 0 Å². The number of anilines is 2. The van der Waals surface area contributed by atoms with Crippen LogP contribution in [-0.2, 0) is 0 Å². The van der Waals surface area contributed by atoms with Crippen LogP contribution in [0.25, 0.3) is 0 Å². The summed E-state index contributed by atoms with van der Waals surface area (Å²) < 4.78 is 0. The molecule has 0 aliphatic rings. The molecule has 6 nitrogen and oxygen atoms in total. The Morgan fingerprint density at radius 2 is 1.56 bits per heavy atom. The molecular formula is C2H6N6S. The van der Waals surface area contributed by atoms with Gasteiger partial charge in [-0.1, -0.05) is 11.3 Å². The summed E-state index contributed by atoms with van der Waals surface area (Å²) in [7, 11) is 0. The van der Waals surface area contributed by atoms with Crippen LogP contribution in [0.15, 0.2) is 0 Å². The van der Waals surface area contributed by atoms with E-state index in [1.54, 1.807) is 0 Å². The molecule has 6 N–H and O–H groups in total. The topological polar surface area (TPSA) is 102 Å². The summed E-state index contributed by atoms with van der Waals surface area (Å²) in [6, 6.07) is 0. The quantitative estimate of drug-likeness (QED) is 0.319. The first-order valence-electron chi connectivity index (χ1n) is 2.13. The molecule has 0 bridgehead atoms. The van der Waals surface area contributed by atoms with Crippen molar-refractivity contribution in [2.45, 2.75) is 0 Å². The van der Waals surface area contributed by atoms with E-state index in [0.717, 1.165) is 0 Å². The molecule has 1 aromatic heterocycles. The Labute approximate surface area is 55.2 Å². The molecule has 7 heteroatoms. The average Bonchev–Trinajstić information content (AvgIpc) is 2.34. The van der Waals surface area contributed by atoms with E-state index in [-0.39, 0.29) is 0 Å². The van der Waals surface area contributed by atoms with Crippen LogP contribution in [0.5, 0.6) is 0 Å². The lowest BCUT2D eigenvalue weighted by Gasteiger charge is -1.85. The third kappa shape index (κ3) is 1.25. The summed E-state index contributed by atoms with van der Waals surface area (Å²) in [5.41, 5.74) is 4.66. The summed E-state index contributed by atoms with van der Waals surface area (Å²) in [4.78, 5) is 0. The molecule has 0 spiro atoms. The zero-order valence-electron chi connectivity index (χ0n) is 4.46. The first-order chi connectivity index (χ1) is 4.36. The van der Waals surface area contributed by atoms with Gasteiger partial charge in [-0.25, -0.2) is 11.7 Å². The van der Waals surface area contributed by atoms with E-state index in [1.165, 1.54) is 11.3 Å². The minimum absolute atomic E-state index is 0.531. The van der Waals surface area contributed by atoms with Gasteiger partial charge in [0.1, 0.15) is 0 Å². The maximum atomic E-state index is 5.01. The van der Waals surface area contributed by atoms with Crippen LogP contribution in [0.3, 0.4) is 0 Å². The number of rotatable bonds is 2. The van der Waals surface area contributed by atoms with Gasteiger partial charge in [0.05, 0.1) is 0 Å².